The molecular weight excluding hydrogens is 807 g/mol. The van der Waals surface area contributed by atoms with Crippen LogP contribution < -0.4 is 43.4 Å². The van der Waals surface area contributed by atoms with Gasteiger partial charge in [0.2, 0.25) is 11.8 Å². The van der Waals surface area contributed by atoms with E-state index in [9.17, 15) is 28.8 Å². The quantitative estimate of drug-likeness (QED) is 0.0589. The van der Waals surface area contributed by atoms with Crippen molar-refractivity contribution in [2.45, 2.75) is 32.1 Å². The Bertz CT molecular complexity index is 2100. The van der Waals surface area contributed by atoms with Gasteiger partial charge >= 0.3 is 0 Å². The highest BCUT2D eigenvalue weighted by Crippen LogP contribution is 2.34. The molecule has 1 fully saturated rings. The molecule has 12 N–H and O–H groups in total. The molecule has 0 aliphatic heterocycles. The van der Waals surface area contributed by atoms with Crippen molar-refractivity contribution in [3.63, 3.8) is 0 Å². The minimum absolute atomic E-state index is 0. The predicted octanol–water partition coefficient (Wildman–Crippen LogP) is 2.49. The Morgan fingerprint density at radius 2 is 0.831 bits per heavy atom. The Labute approximate surface area is 352 Å². The van der Waals surface area contributed by atoms with Crippen molar-refractivity contribution in [1.29, 1.82) is 10.8 Å². The van der Waals surface area contributed by atoms with Gasteiger partial charge in [-0.3, -0.25) is 39.6 Å². The zero-order valence-corrected chi connectivity index (χ0v) is 34.6. The summed E-state index contributed by atoms with van der Waals surface area (Å²) in [7, 11) is 6.62. The fourth-order valence-corrected chi connectivity index (χ4v) is 6.68. The van der Waals surface area contributed by atoms with Crippen LogP contribution in [0.4, 0.5) is 22.7 Å². The summed E-state index contributed by atoms with van der Waals surface area (Å²) in [4.78, 5) is 78.4. The number of rotatable bonds is 16. The normalized spacial score (nSPS) is 14.2. The van der Waals surface area contributed by atoms with Gasteiger partial charge in [-0.2, -0.15) is 0 Å². The van der Waals surface area contributed by atoms with Gasteiger partial charge in [0.1, 0.15) is 22.8 Å². The summed E-state index contributed by atoms with van der Waals surface area (Å²) in [5.41, 5.74) is 13.3. The minimum atomic E-state index is -0.634. The third kappa shape index (κ3) is 11.8. The summed E-state index contributed by atoms with van der Waals surface area (Å²) in [6.07, 6.45) is 8.41. The SMILES string of the molecule is Cl.Cl.Cn1cc(NC(=O)c2cc(NC(=O)[C@H]3CCC[C@@H]3C(=O)Nc3cc(C(=O)Nc4cc(C(=O)NCCC(=N)N)n(C)c4)n(C)c3)cn2C)cc1C(=O)NCCC(=N)N. The lowest BCUT2D eigenvalue weighted by Gasteiger charge is -2.18. The lowest BCUT2D eigenvalue weighted by atomic mass is 9.94. The largest absolute Gasteiger partial charge is 0.388 e. The summed E-state index contributed by atoms with van der Waals surface area (Å²) < 4.78 is 6.23. The topological polar surface area (TPSA) is 294 Å². The number of anilines is 4. The van der Waals surface area contributed by atoms with Crippen LogP contribution in [0.3, 0.4) is 0 Å². The number of aryl methyl sites for hydroxylation is 4. The zero-order valence-electron chi connectivity index (χ0n) is 32.9. The predicted molar refractivity (Wildman–Crippen MR) is 228 cm³/mol. The summed E-state index contributed by atoms with van der Waals surface area (Å²) in [5, 5.41) is 31.2. The first-order valence-corrected chi connectivity index (χ1v) is 18.1. The van der Waals surface area contributed by atoms with Gasteiger partial charge in [-0.25, -0.2) is 0 Å². The first-order valence-electron chi connectivity index (χ1n) is 18.1. The number of carbonyl (C=O) groups is 6. The highest BCUT2D eigenvalue weighted by molar-refractivity contribution is 6.07. The standard InChI is InChI=1S/C37H48N14O6.2ClH/c1-48-18-22(12-26(48)34(54)42-10-8-30(38)39)46-36(56)28-14-20(16-50(28)3)44-32(52)24-6-5-7-25(24)33(53)45-21-15-29(51(4)17-21)37(57)47-23-13-27(49(2)19-23)35(55)43-11-9-31(40)41;;/h12-19,24-25H,5-11H2,1-4H3,(H3,38,39)(H3,40,41)(H,42,54)(H,43,55)(H,44,52)(H,45,53)(H,46,56)(H,47,57);2*1H/t24-,25-;;/m0../s1. The van der Waals surface area contributed by atoms with Gasteiger partial charge in [-0.15, -0.1) is 24.8 Å². The highest BCUT2D eigenvalue weighted by atomic mass is 35.5. The third-order valence-corrected chi connectivity index (χ3v) is 9.55. The molecule has 5 rings (SSSR count). The van der Waals surface area contributed by atoms with Gasteiger partial charge in [0.05, 0.1) is 34.4 Å². The second-order valence-electron chi connectivity index (χ2n) is 14.0. The summed E-state index contributed by atoms with van der Waals surface area (Å²) in [6, 6.07) is 6.09. The van der Waals surface area contributed by atoms with Crippen molar-refractivity contribution in [3.8, 4) is 0 Å². The molecule has 1 aliphatic carbocycles. The van der Waals surface area contributed by atoms with Crippen molar-refractivity contribution in [2.24, 2.45) is 51.5 Å². The van der Waals surface area contributed by atoms with E-state index in [4.69, 9.17) is 22.3 Å². The van der Waals surface area contributed by atoms with E-state index >= 15 is 0 Å². The van der Waals surface area contributed by atoms with E-state index in [1.54, 1.807) is 71.2 Å². The maximum absolute atomic E-state index is 13.5. The number of hydrogen-bond donors (Lipinski definition) is 10. The van der Waals surface area contributed by atoms with Gasteiger partial charge in [0.15, 0.2) is 0 Å². The first kappa shape index (κ1) is 46.8. The zero-order chi connectivity index (χ0) is 41.6. The second-order valence-corrected chi connectivity index (χ2v) is 14.0. The number of amides is 6. The average Bonchev–Trinajstić information content (AvgIpc) is 3.96. The van der Waals surface area contributed by atoms with E-state index in [1.165, 1.54) is 24.3 Å². The molecule has 0 radical (unpaired) electrons. The Balaban J connectivity index is 0.00000465. The summed E-state index contributed by atoms with van der Waals surface area (Å²) >= 11 is 0. The van der Waals surface area contributed by atoms with Crippen LogP contribution in [0.25, 0.3) is 0 Å². The number of aromatic nitrogens is 4. The van der Waals surface area contributed by atoms with Crippen molar-refractivity contribution >= 4 is 94.7 Å². The molecule has 318 valence electrons. The van der Waals surface area contributed by atoms with Crippen molar-refractivity contribution < 1.29 is 28.8 Å². The number of carbonyl (C=O) groups excluding carboxylic acids is 6. The third-order valence-electron chi connectivity index (χ3n) is 9.55. The maximum Gasteiger partial charge on any atom is 0.272 e. The second kappa shape index (κ2) is 20.2. The van der Waals surface area contributed by atoms with E-state index in [-0.39, 0.29) is 97.4 Å². The smallest absolute Gasteiger partial charge is 0.272 e. The molecule has 4 heterocycles. The molecule has 4 aromatic rings. The molecule has 22 heteroatoms. The van der Waals surface area contributed by atoms with E-state index < -0.39 is 23.7 Å². The molecule has 0 spiro atoms. The molecule has 4 aromatic heterocycles. The van der Waals surface area contributed by atoms with E-state index in [1.807, 2.05) is 0 Å². The first-order chi connectivity index (χ1) is 27.0. The van der Waals surface area contributed by atoms with Crippen molar-refractivity contribution in [1.82, 2.24) is 28.9 Å². The number of nitrogens with one attached hydrogen (secondary N) is 8. The Morgan fingerprint density at radius 1 is 0.542 bits per heavy atom. The maximum atomic E-state index is 13.5. The van der Waals surface area contributed by atoms with Crippen LogP contribution in [-0.2, 0) is 37.8 Å². The molecule has 0 saturated heterocycles. The van der Waals surface area contributed by atoms with Gasteiger partial charge < -0.3 is 61.6 Å². The molecule has 20 nitrogen and oxygen atoms in total. The molecular formula is C37H50Cl2N14O6. The van der Waals surface area contributed by atoms with E-state index in [0.29, 0.717) is 53.4 Å². The van der Waals surface area contributed by atoms with Gasteiger partial charge in [-0.1, -0.05) is 6.42 Å². The van der Waals surface area contributed by atoms with Gasteiger partial charge in [-0.05, 0) is 37.1 Å². The Kier molecular flexibility index (Phi) is 16.1. The fraction of sp³-hybridized carbons (Fsp3) is 0.351. The molecule has 0 unspecified atom stereocenters. The molecule has 0 aromatic carbocycles. The minimum Gasteiger partial charge on any atom is -0.388 e. The summed E-state index contributed by atoms with van der Waals surface area (Å²) in [6.45, 7) is 0.404. The molecule has 59 heavy (non-hydrogen) atoms. The number of hydrogen-bond acceptors (Lipinski definition) is 8. The Hall–Kier alpha value is -6.54. The molecule has 0 bridgehead atoms. The van der Waals surface area contributed by atoms with Crippen LogP contribution in [0.1, 0.15) is 74.1 Å². The number of amidine groups is 2. The molecule has 2 atom stereocenters. The van der Waals surface area contributed by atoms with E-state index in [0.717, 1.165) is 0 Å². The fourth-order valence-electron chi connectivity index (χ4n) is 6.68. The Morgan fingerprint density at radius 3 is 1.14 bits per heavy atom. The molecule has 1 saturated carbocycles. The van der Waals surface area contributed by atoms with Gasteiger partial charge in [0, 0.05) is 90.7 Å². The van der Waals surface area contributed by atoms with Crippen LogP contribution in [0.5, 0.6) is 0 Å². The van der Waals surface area contributed by atoms with Gasteiger partial charge in [0.25, 0.3) is 23.6 Å². The van der Waals surface area contributed by atoms with Crippen molar-refractivity contribution in [3.05, 3.63) is 71.8 Å². The van der Waals surface area contributed by atoms with E-state index in [2.05, 4.69) is 31.9 Å². The average molecular weight is 858 g/mol. The monoisotopic (exact) mass is 856 g/mol. The number of nitrogens with zero attached hydrogens (tertiary/aromatic N) is 4. The number of nitrogens with two attached hydrogens (primary N) is 2. The van der Waals surface area contributed by atoms with Crippen LogP contribution in [0, 0.1) is 22.7 Å². The highest BCUT2D eigenvalue weighted by Gasteiger charge is 2.38. The van der Waals surface area contributed by atoms with Crippen molar-refractivity contribution in [2.75, 3.05) is 34.4 Å². The van der Waals surface area contributed by atoms with Crippen LogP contribution in [0.2, 0.25) is 0 Å². The van der Waals surface area contributed by atoms with Crippen LogP contribution >= 0.6 is 24.8 Å². The summed E-state index contributed by atoms with van der Waals surface area (Å²) in [5.74, 6) is -3.80. The molecule has 1 aliphatic rings. The lowest BCUT2D eigenvalue weighted by Crippen LogP contribution is -2.33. The van der Waals surface area contributed by atoms with Crippen LogP contribution in [-0.4, -0.2) is 78.5 Å². The molecule has 6 amide bonds. The van der Waals surface area contributed by atoms with Crippen LogP contribution in [0.15, 0.2) is 49.1 Å². The number of halogens is 2. The lowest BCUT2D eigenvalue weighted by molar-refractivity contribution is -0.128.